The molecule has 0 aliphatic heterocycles. The summed E-state index contributed by atoms with van der Waals surface area (Å²) in [5, 5.41) is 0. The maximum absolute atomic E-state index is 14.1. The molecule has 6 nitrogen and oxygen atoms in total. The van der Waals surface area contributed by atoms with E-state index in [9.17, 15) is 13.6 Å². The minimum atomic E-state index is -0.987. The molecule has 1 fully saturated rings. The molecule has 1 aromatic carbocycles. The number of carbonyl (C=O) groups excluding carboxylic acids is 1. The highest BCUT2D eigenvalue weighted by Gasteiger charge is 2.30. The van der Waals surface area contributed by atoms with Gasteiger partial charge in [0.15, 0.2) is 11.6 Å². The molecule has 8 heteroatoms. The van der Waals surface area contributed by atoms with Gasteiger partial charge in [0.25, 0.3) is 0 Å². The first-order valence-corrected chi connectivity index (χ1v) is 9.99. The zero-order chi connectivity index (χ0) is 21.3. The monoisotopic (exact) mass is 415 g/mol. The summed E-state index contributed by atoms with van der Waals surface area (Å²) in [7, 11) is 2.96. The molecule has 1 aliphatic rings. The molecule has 2 heterocycles. The first-order chi connectivity index (χ1) is 14.6. The summed E-state index contributed by atoms with van der Waals surface area (Å²) in [6.45, 7) is 0. The third-order valence-corrected chi connectivity index (χ3v) is 5.78. The SMILES string of the molecule is COc1ccc(-c2nc3cc(F)c(F)cc3n2C(C=O)C2CCCCC2)c(OC)n1. The Morgan fingerprint density at radius 1 is 1.07 bits per heavy atom. The molecule has 2 aromatic heterocycles. The average molecular weight is 415 g/mol. The first-order valence-electron chi connectivity index (χ1n) is 9.99. The van der Waals surface area contributed by atoms with Crippen LogP contribution in [-0.2, 0) is 4.79 Å². The highest BCUT2D eigenvalue weighted by Crippen LogP contribution is 2.39. The van der Waals surface area contributed by atoms with Crippen LogP contribution in [0.15, 0.2) is 24.3 Å². The summed E-state index contributed by atoms with van der Waals surface area (Å²) in [6, 6.07) is 4.97. The number of imidazole rings is 1. The Bertz CT molecular complexity index is 1080. The number of aldehydes is 1. The lowest BCUT2D eigenvalue weighted by atomic mass is 9.84. The summed E-state index contributed by atoms with van der Waals surface area (Å²) < 4.78 is 40.3. The number of fused-ring (bicyclic) bond motifs is 1. The van der Waals surface area contributed by atoms with E-state index < -0.39 is 17.7 Å². The number of hydrogen-bond acceptors (Lipinski definition) is 5. The Balaban J connectivity index is 1.97. The van der Waals surface area contributed by atoms with Crippen molar-refractivity contribution in [1.82, 2.24) is 14.5 Å². The molecule has 1 aliphatic carbocycles. The molecule has 0 amide bonds. The molecule has 4 rings (SSSR count). The molecular formula is C22H23F2N3O3. The normalized spacial score (nSPS) is 15.9. The topological polar surface area (TPSA) is 66.2 Å². The number of methoxy groups -OCH3 is 2. The predicted octanol–water partition coefficient (Wildman–Crippen LogP) is 4.71. The fourth-order valence-electron chi connectivity index (χ4n) is 4.30. The molecule has 0 spiro atoms. The zero-order valence-electron chi connectivity index (χ0n) is 16.9. The molecule has 158 valence electrons. The second kappa shape index (κ2) is 8.38. The lowest BCUT2D eigenvalue weighted by Gasteiger charge is -2.29. The Kier molecular flexibility index (Phi) is 5.65. The van der Waals surface area contributed by atoms with Crippen molar-refractivity contribution in [1.29, 1.82) is 0 Å². The van der Waals surface area contributed by atoms with Gasteiger partial charge in [0.2, 0.25) is 11.8 Å². The number of hydrogen-bond donors (Lipinski definition) is 0. The molecular weight excluding hydrogens is 392 g/mol. The number of pyridine rings is 1. The van der Waals surface area contributed by atoms with Crippen LogP contribution in [0.5, 0.6) is 11.8 Å². The first kappa shape index (κ1) is 20.3. The van der Waals surface area contributed by atoms with Gasteiger partial charge in [-0.2, -0.15) is 4.98 Å². The van der Waals surface area contributed by atoms with Crippen molar-refractivity contribution in [2.24, 2.45) is 5.92 Å². The van der Waals surface area contributed by atoms with E-state index in [1.54, 1.807) is 16.7 Å². The largest absolute Gasteiger partial charge is 0.481 e. The van der Waals surface area contributed by atoms with Crippen LogP contribution < -0.4 is 9.47 Å². The van der Waals surface area contributed by atoms with Crippen LogP contribution in [0, 0.1) is 17.6 Å². The minimum absolute atomic E-state index is 0.0951. The molecule has 30 heavy (non-hydrogen) atoms. The Morgan fingerprint density at radius 2 is 1.80 bits per heavy atom. The molecule has 0 saturated heterocycles. The smallest absolute Gasteiger partial charge is 0.227 e. The number of halogens is 2. The number of benzene rings is 1. The van der Waals surface area contributed by atoms with E-state index in [2.05, 4.69) is 9.97 Å². The predicted molar refractivity (Wildman–Crippen MR) is 108 cm³/mol. The van der Waals surface area contributed by atoms with E-state index in [4.69, 9.17) is 9.47 Å². The number of ether oxygens (including phenoxy) is 2. The van der Waals surface area contributed by atoms with Gasteiger partial charge in [0.05, 0.1) is 36.9 Å². The molecule has 0 radical (unpaired) electrons. The van der Waals surface area contributed by atoms with E-state index in [-0.39, 0.29) is 17.3 Å². The molecule has 3 aromatic rings. The van der Waals surface area contributed by atoms with Crippen LogP contribution in [0.4, 0.5) is 8.78 Å². The van der Waals surface area contributed by atoms with Gasteiger partial charge >= 0.3 is 0 Å². The summed E-state index contributed by atoms with van der Waals surface area (Å²) in [6.07, 6.45) is 5.87. The van der Waals surface area contributed by atoms with Gasteiger partial charge in [-0.15, -0.1) is 0 Å². The van der Waals surface area contributed by atoms with Crippen LogP contribution in [-0.4, -0.2) is 35.0 Å². The van der Waals surface area contributed by atoms with Crippen molar-refractivity contribution in [2.75, 3.05) is 14.2 Å². The van der Waals surface area contributed by atoms with E-state index in [1.165, 1.54) is 14.2 Å². The number of carbonyl (C=O) groups is 1. The number of nitrogens with zero attached hydrogens (tertiary/aromatic N) is 3. The van der Waals surface area contributed by atoms with Crippen LogP contribution >= 0.6 is 0 Å². The maximum Gasteiger partial charge on any atom is 0.227 e. The van der Waals surface area contributed by atoms with Crippen LogP contribution in [0.1, 0.15) is 38.1 Å². The third kappa shape index (κ3) is 3.51. The summed E-state index contributed by atoms with van der Waals surface area (Å²) >= 11 is 0. The average Bonchev–Trinajstić information content (AvgIpc) is 3.12. The Hall–Kier alpha value is -3.03. The quantitative estimate of drug-likeness (QED) is 0.546. The Labute approximate surface area is 172 Å². The van der Waals surface area contributed by atoms with Gasteiger partial charge in [-0.25, -0.2) is 13.8 Å². The van der Waals surface area contributed by atoms with Gasteiger partial charge in [-0.1, -0.05) is 19.3 Å². The van der Waals surface area contributed by atoms with Crippen molar-refractivity contribution >= 4 is 17.3 Å². The Morgan fingerprint density at radius 3 is 2.47 bits per heavy atom. The third-order valence-electron chi connectivity index (χ3n) is 5.78. The summed E-state index contributed by atoms with van der Waals surface area (Å²) in [5.41, 5.74) is 1.15. The zero-order valence-corrected chi connectivity index (χ0v) is 16.9. The standard InChI is InChI=1S/C22H23F2N3O3/c1-29-20-9-8-14(22(26-20)30-2)21-25-17-10-15(23)16(24)11-18(17)27(21)19(12-28)13-6-4-3-5-7-13/h8-13,19H,3-7H2,1-2H3. The fraction of sp³-hybridized carbons (Fsp3) is 0.409. The molecule has 1 unspecified atom stereocenters. The van der Waals surface area contributed by atoms with Gasteiger partial charge in [0.1, 0.15) is 12.1 Å². The second-order valence-corrected chi connectivity index (χ2v) is 7.50. The van der Waals surface area contributed by atoms with Gasteiger partial charge in [-0.3, -0.25) is 0 Å². The molecule has 1 saturated carbocycles. The fourth-order valence-corrected chi connectivity index (χ4v) is 4.30. The van der Waals surface area contributed by atoms with E-state index in [0.717, 1.165) is 50.5 Å². The summed E-state index contributed by atoms with van der Waals surface area (Å²) in [5.74, 6) is -0.890. The van der Waals surface area contributed by atoms with Crippen molar-refractivity contribution in [3.63, 3.8) is 0 Å². The molecule has 0 N–H and O–H groups in total. The molecule has 0 bridgehead atoms. The highest BCUT2D eigenvalue weighted by molar-refractivity contribution is 5.83. The van der Waals surface area contributed by atoms with E-state index >= 15 is 0 Å². The highest BCUT2D eigenvalue weighted by atomic mass is 19.2. The van der Waals surface area contributed by atoms with Gasteiger partial charge in [-0.05, 0) is 24.8 Å². The molecule has 1 atom stereocenters. The van der Waals surface area contributed by atoms with E-state index in [1.807, 2.05) is 0 Å². The van der Waals surface area contributed by atoms with Crippen molar-refractivity contribution in [3.05, 3.63) is 35.9 Å². The van der Waals surface area contributed by atoms with Crippen LogP contribution in [0.25, 0.3) is 22.4 Å². The van der Waals surface area contributed by atoms with E-state index in [0.29, 0.717) is 22.8 Å². The number of rotatable bonds is 6. The summed E-state index contributed by atoms with van der Waals surface area (Å²) in [4.78, 5) is 21.1. The van der Waals surface area contributed by atoms with Gasteiger partial charge < -0.3 is 18.8 Å². The van der Waals surface area contributed by atoms with Gasteiger partial charge in [0, 0.05) is 18.2 Å². The maximum atomic E-state index is 14.1. The van der Waals surface area contributed by atoms with Crippen LogP contribution in [0.2, 0.25) is 0 Å². The lowest BCUT2D eigenvalue weighted by molar-refractivity contribution is -0.112. The minimum Gasteiger partial charge on any atom is -0.481 e. The number of aromatic nitrogens is 3. The second-order valence-electron chi connectivity index (χ2n) is 7.50. The lowest BCUT2D eigenvalue weighted by Crippen LogP contribution is -2.24. The van der Waals surface area contributed by atoms with Crippen LogP contribution in [0.3, 0.4) is 0 Å². The van der Waals surface area contributed by atoms with Crippen molar-refractivity contribution in [2.45, 2.75) is 38.1 Å². The van der Waals surface area contributed by atoms with Crippen molar-refractivity contribution < 1.29 is 23.0 Å². The van der Waals surface area contributed by atoms with Crippen molar-refractivity contribution in [3.8, 4) is 23.1 Å².